The standard InChI is InChI=1S/C13H14N6O7S/c1-25-12-15-10(16-13(17-12)26-2)14-11(20)18-27(23,24)7-8-5-3-4-6-9(8)19(21)22/h3-6H,7H2,1-2H3,(H2,14,15,16,17,18,20). The number of nitrogens with one attached hydrogen (secondary N) is 2. The van der Waals surface area contributed by atoms with Crippen molar-refractivity contribution in [3.05, 3.63) is 39.9 Å². The molecule has 0 unspecified atom stereocenters. The largest absolute Gasteiger partial charge is 0.467 e. The molecule has 2 aromatic rings. The molecule has 0 radical (unpaired) electrons. The Morgan fingerprint density at radius 3 is 2.30 bits per heavy atom. The average Bonchev–Trinajstić information content (AvgIpc) is 2.60. The Morgan fingerprint density at radius 2 is 1.74 bits per heavy atom. The number of benzene rings is 1. The zero-order valence-corrected chi connectivity index (χ0v) is 14.9. The molecule has 0 aliphatic carbocycles. The van der Waals surface area contributed by atoms with Gasteiger partial charge in [-0.3, -0.25) is 15.4 Å². The maximum absolute atomic E-state index is 12.1. The van der Waals surface area contributed by atoms with Crippen molar-refractivity contribution in [3.63, 3.8) is 0 Å². The summed E-state index contributed by atoms with van der Waals surface area (Å²) in [5, 5.41) is 13.0. The molecule has 2 amide bonds. The molecule has 0 aliphatic heterocycles. The molecule has 2 rings (SSSR count). The van der Waals surface area contributed by atoms with Crippen LogP contribution in [0.25, 0.3) is 0 Å². The van der Waals surface area contributed by atoms with Crippen molar-refractivity contribution in [2.24, 2.45) is 0 Å². The molecule has 14 heteroatoms. The number of nitrogens with zero attached hydrogens (tertiary/aromatic N) is 4. The van der Waals surface area contributed by atoms with Gasteiger partial charge in [-0.1, -0.05) is 18.2 Å². The lowest BCUT2D eigenvalue weighted by Crippen LogP contribution is -2.35. The summed E-state index contributed by atoms with van der Waals surface area (Å²) in [4.78, 5) is 33.3. The number of hydrogen-bond donors (Lipinski definition) is 2. The van der Waals surface area contributed by atoms with Crippen LogP contribution in [0, 0.1) is 10.1 Å². The second kappa shape index (κ2) is 8.22. The van der Waals surface area contributed by atoms with Crippen molar-refractivity contribution in [3.8, 4) is 12.0 Å². The summed E-state index contributed by atoms with van der Waals surface area (Å²) in [7, 11) is -1.69. The van der Waals surface area contributed by atoms with Crippen LogP contribution in [0.15, 0.2) is 24.3 Å². The van der Waals surface area contributed by atoms with Crippen molar-refractivity contribution in [2.75, 3.05) is 19.5 Å². The quantitative estimate of drug-likeness (QED) is 0.492. The predicted molar refractivity (Wildman–Crippen MR) is 90.8 cm³/mol. The van der Waals surface area contributed by atoms with E-state index >= 15 is 0 Å². The summed E-state index contributed by atoms with van der Waals surface area (Å²) in [6, 6.07) is 3.77. The van der Waals surface area contributed by atoms with Gasteiger partial charge in [0.1, 0.15) is 5.75 Å². The highest BCUT2D eigenvalue weighted by atomic mass is 32.2. The van der Waals surface area contributed by atoms with Gasteiger partial charge >= 0.3 is 18.1 Å². The van der Waals surface area contributed by atoms with Gasteiger partial charge in [-0.25, -0.2) is 17.9 Å². The van der Waals surface area contributed by atoms with Crippen LogP contribution in [0.1, 0.15) is 5.56 Å². The fourth-order valence-corrected chi connectivity index (χ4v) is 2.96. The van der Waals surface area contributed by atoms with Crippen LogP contribution in [0.5, 0.6) is 12.0 Å². The van der Waals surface area contributed by atoms with E-state index in [-0.39, 0.29) is 29.2 Å². The van der Waals surface area contributed by atoms with Gasteiger partial charge in [-0.2, -0.15) is 9.97 Å². The number of para-hydroxylation sites is 1. The number of carbonyl (C=O) groups excluding carboxylic acids is 1. The zero-order valence-electron chi connectivity index (χ0n) is 14.1. The number of urea groups is 1. The monoisotopic (exact) mass is 398 g/mol. The smallest absolute Gasteiger partial charge is 0.335 e. The third-order valence-electron chi connectivity index (χ3n) is 2.97. The number of methoxy groups -OCH3 is 2. The molecule has 0 aliphatic rings. The van der Waals surface area contributed by atoms with E-state index in [1.54, 1.807) is 4.72 Å². The van der Waals surface area contributed by atoms with Crippen LogP contribution in [-0.4, -0.2) is 48.5 Å². The van der Waals surface area contributed by atoms with Gasteiger partial charge in [-0.15, -0.1) is 4.98 Å². The third-order valence-corrected chi connectivity index (χ3v) is 4.15. The Labute approximate surface area is 153 Å². The van der Waals surface area contributed by atoms with Crippen molar-refractivity contribution in [1.29, 1.82) is 0 Å². The van der Waals surface area contributed by atoms with E-state index in [4.69, 9.17) is 9.47 Å². The average molecular weight is 398 g/mol. The second-order valence-electron chi connectivity index (χ2n) is 4.83. The minimum absolute atomic E-state index is 0.0775. The molecule has 27 heavy (non-hydrogen) atoms. The van der Waals surface area contributed by atoms with E-state index < -0.39 is 26.7 Å². The lowest BCUT2D eigenvalue weighted by Gasteiger charge is -2.09. The predicted octanol–water partition coefficient (Wildman–Crippen LogP) is 0.448. The van der Waals surface area contributed by atoms with Crippen molar-refractivity contribution in [1.82, 2.24) is 19.7 Å². The third kappa shape index (κ3) is 5.46. The Hall–Kier alpha value is -3.55. The topological polar surface area (TPSA) is 176 Å². The normalized spacial score (nSPS) is 10.7. The summed E-state index contributed by atoms with van der Waals surface area (Å²) < 4.78 is 35.6. The maximum Gasteiger partial charge on any atom is 0.335 e. The Balaban J connectivity index is 2.12. The zero-order chi connectivity index (χ0) is 20.0. The molecule has 0 saturated carbocycles. The van der Waals surface area contributed by atoms with E-state index in [0.717, 1.165) is 6.07 Å². The number of anilines is 1. The summed E-state index contributed by atoms with van der Waals surface area (Å²) in [6.45, 7) is 0. The number of amides is 2. The molecule has 2 N–H and O–H groups in total. The molecule has 1 aromatic heterocycles. The maximum atomic E-state index is 12.1. The van der Waals surface area contributed by atoms with Gasteiger partial charge in [-0.05, 0) is 0 Å². The number of nitro groups is 1. The minimum atomic E-state index is -4.24. The fraction of sp³-hybridized carbons (Fsp3) is 0.231. The van der Waals surface area contributed by atoms with Crippen LogP contribution in [0.4, 0.5) is 16.4 Å². The van der Waals surface area contributed by atoms with Crippen LogP contribution in [0.2, 0.25) is 0 Å². The minimum Gasteiger partial charge on any atom is -0.467 e. The van der Waals surface area contributed by atoms with Gasteiger partial charge in [0.05, 0.1) is 19.1 Å². The first kappa shape index (κ1) is 19.8. The van der Waals surface area contributed by atoms with E-state index in [9.17, 15) is 23.3 Å². The van der Waals surface area contributed by atoms with E-state index in [1.165, 1.54) is 32.4 Å². The highest BCUT2D eigenvalue weighted by molar-refractivity contribution is 7.89. The number of aromatic nitrogens is 3. The first-order chi connectivity index (χ1) is 12.7. The molecule has 0 spiro atoms. The van der Waals surface area contributed by atoms with Gasteiger partial charge in [0, 0.05) is 11.6 Å². The Morgan fingerprint density at radius 1 is 1.15 bits per heavy atom. The fourth-order valence-electron chi connectivity index (χ4n) is 1.90. The van der Waals surface area contributed by atoms with Crippen LogP contribution >= 0.6 is 0 Å². The summed E-state index contributed by atoms with van der Waals surface area (Å²) in [5.74, 6) is -1.10. The number of carbonyl (C=O) groups is 1. The molecule has 144 valence electrons. The molecular formula is C13H14N6O7S. The molecule has 1 heterocycles. The van der Waals surface area contributed by atoms with Crippen LogP contribution in [0.3, 0.4) is 0 Å². The summed E-state index contributed by atoms with van der Waals surface area (Å²) >= 11 is 0. The summed E-state index contributed by atoms with van der Waals surface area (Å²) in [6.07, 6.45) is 0. The Bertz CT molecular complexity index is 943. The molecule has 0 atom stereocenters. The number of sulfonamides is 1. The number of hydrogen-bond acceptors (Lipinski definition) is 10. The van der Waals surface area contributed by atoms with Crippen molar-refractivity contribution in [2.45, 2.75) is 5.75 Å². The molecule has 0 bridgehead atoms. The van der Waals surface area contributed by atoms with Crippen LogP contribution < -0.4 is 19.5 Å². The molecule has 1 aromatic carbocycles. The lowest BCUT2D eigenvalue weighted by atomic mass is 10.2. The number of rotatable bonds is 7. The van der Waals surface area contributed by atoms with Gasteiger partial charge in [0.15, 0.2) is 0 Å². The second-order valence-corrected chi connectivity index (χ2v) is 6.56. The highest BCUT2D eigenvalue weighted by Gasteiger charge is 2.22. The number of ether oxygens (including phenoxy) is 2. The van der Waals surface area contributed by atoms with Crippen LogP contribution in [-0.2, 0) is 15.8 Å². The Kier molecular flexibility index (Phi) is 6.02. The lowest BCUT2D eigenvalue weighted by molar-refractivity contribution is -0.385. The first-order valence-corrected chi connectivity index (χ1v) is 8.77. The van der Waals surface area contributed by atoms with Crippen molar-refractivity contribution < 1.29 is 27.6 Å². The van der Waals surface area contributed by atoms with Gasteiger partial charge < -0.3 is 9.47 Å². The van der Waals surface area contributed by atoms with Crippen molar-refractivity contribution >= 4 is 27.7 Å². The van der Waals surface area contributed by atoms with Gasteiger partial charge in [0.25, 0.3) is 5.69 Å². The molecule has 0 fully saturated rings. The van der Waals surface area contributed by atoms with E-state index in [2.05, 4.69) is 20.3 Å². The SMILES string of the molecule is COc1nc(NC(=O)NS(=O)(=O)Cc2ccccc2[N+](=O)[O-])nc(OC)n1. The molecule has 13 nitrogen and oxygen atoms in total. The first-order valence-electron chi connectivity index (χ1n) is 7.12. The highest BCUT2D eigenvalue weighted by Crippen LogP contribution is 2.19. The molecular weight excluding hydrogens is 384 g/mol. The van der Waals surface area contributed by atoms with E-state index in [0.29, 0.717) is 0 Å². The summed E-state index contributed by atoms with van der Waals surface area (Å²) in [5.41, 5.74) is -0.457. The molecule has 0 saturated heterocycles. The number of nitro benzene ring substituents is 1. The van der Waals surface area contributed by atoms with E-state index in [1.807, 2.05) is 0 Å². The van der Waals surface area contributed by atoms with Gasteiger partial charge in [0.2, 0.25) is 16.0 Å².